The van der Waals surface area contributed by atoms with Crippen LogP contribution in [0, 0.1) is 5.92 Å². The van der Waals surface area contributed by atoms with Gasteiger partial charge in [-0.25, -0.2) is 9.78 Å². The number of aliphatic hydroxyl groups excluding tert-OH is 1. The van der Waals surface area contributed by atoms with Crippen LogP contribution in [0.5, 0.6) is 0 Å². The third-order valence-electron chi connectivity index (χ3n) is 6.96. The zero-order valence-corrected chi connectivity index (χ0v) is 16.9. The van der Waals surface area contributed by atoms with Gasteiger partial charge in [-0.15, -0.1) is 0 Å². The molecule has 3 N–H and O–H groups in total. The number of aromatic nitrogens is 2. The van der Waals surface area contributed by atoms with Crippen molar-refractivity contribution in [3.8, 4) is 0 Å². The van der Waals surface area contributed by atoms with E-state index in [1.165, 1.54) is 19.3 Å². The van der Waals surface area contributed by atoms with E-state index in [4.69, 9.17) is 4.98 Å². The van der Waals surface area contributed by atoms with Gasteiger partial charge in [-0.3, -0.25) is 4.90 Å². The number of carbonyl (C=O) groups is 1. The van der Waals surface area contributed by atoms with Gasteiger partial charge < -0.3 is 20.3 Å². The molecule has 0 bridgehead atoms. The molecule has 3 fully saturated rings. The van der Waals surface area contributed by atoms with E-state index in [2.05, 4.69) is 15.2 Å². The molecular weight excluding hydrogens is 366 g/mol. The van der Waals surface area contributed by atoms with E-state index in [0.717, 1.165) is 62.3 Å². The largest absolute Gasteiger partial charge is 0.392 e. The van der Waals surface area contributed by atoms with Gasteiger partial charge in [0, 0.05) is 32.2 Å². The summed E-state index contributed by atoms with van der Waals surface area (Å²) in [7, 11) is 0. The summed E-state index contributed by atoms with van der Waals surface area (Å²) >= 11 is 0. The first-order chi connectivity index (χ1) is 14.2. The molecule has 1 aromatic heterocycles. The molecule has 7 heteroatoms. The van der Waals surface area contributed by atoms with Crippen molar-refractivity contribution in [2.75, 3.05) is 26.2 Å². The zero-order chi connectivity index (χ0) is 19.8. The number of hydrogen-bond donors (Lipinski definition) is 3. The molecule has 7 nitrogen and oxygen atoms in total. The molecule has 156 valence electrons. The van der Waals surface area contributed by atoms with Crippen LogP contribution < -0.4 is 5.32 Å². The van der Waals surface area contributed by atoms with Crippen LogP contribution >= 0.6 is 0 Å². The highest BCUT2D eigenvalue weighted by atomic mass is 16.3. The average molecular weight is 398 g/mol. The van der Waals surface area contributed by atoms with Gasteiger partial charge in [0.25, 0.3) is 0 Å². The topological polar surface area (TPSA) is 84.5 Å². The number of likely N-dealkylation sites (tertiary alicyclic amines) is 2. The SMILES string of the molecule is O=C(NC(c1nc2ccccc2[nH]1)C1CCCCC1)N1CC(N2CC[C@@H](O)C2)C1. The van der Waals surface area contributed by atoms with Crippen LogP contribution in [0.15, 0.2) is 24.3 Å². The number of nitrogens with one attached hydrogen (secondary N) is 2. The van der Waals surface area contributed by atoms with Gasteiger partial charge >= 0.3 is 6.03 Å². The number of H-pyrrole nitrogens is 1. The normalized spacial score (nSPS) is 25.3. The van der Waals surface area contributed by atoms with E-state index < -0.39 is 0 Å². The van der Waals surface area contributed by atoms with Gasteiger partial charge in [0.2, 0.25) is 0 Å². The van der Waals surface area contributed by atoms with E-state index in [9.17, 15) is 9.90 Å². The van der Waals surface area contributed by atoms with Crippen LogP contribution in [0.25, 0.3) is 11.0 Å². The van der Waals surface area contributed by atoms with E-state index in [0.29, 0.717) is 12.0 Å². The number of imidazole rings is 1. The highest BCUT2D eigenvalue weighted by Gasteiger charge is 2.39. The minimum atomic E-state index is -0.207. The number of aromatic amines is 1. The second-order valence-corrected chi connectivity index (χ2v) is 8.96. The average Bonchev–Trinajstić information content (AvgIpc) is 3.31. The van der Waals surface area contributed by atoms with E-state index in [-0.39, 0.29) is 18.2 Å². The number of carbonyl (C=O) groups excluding carboxylic acids is 1. The van der Waals surface area contributed by atoms with Gasteiger partial charge in [0.05, 0.1) is 23.2 Å². The molecule has 29 heavy (non-hydrogen) atoms. The molecule has 2 aromatic rings. The van der Waals surface area contributed by atoms with Crippen LogP contribution in [-0.4, -0.2) is 69.2 Å². The lowest BCUT2D eigenvalue weighted by molar-refractivity contribution is 0.0593. The Hall–Kier alpha value is -2.12. The summed E-state index contributed by atoms with van der Waals surface area (Å²) in [5.74, 6) is 1.31. The summed E-state index contributed by atoms with van der Waals surface area (Å²) in [6.07, 6.45) is 6.64. The van der Waals surface area contributed by atoms with Crippen LogP contribution in [0.1, 0.15) is 50.4 Å². The standard InChI is InChI=1S/C22H31N5O2/c28-17-10-11-26(14-17)16-12-27(13-16)22(29)25-20(15-6-2-1-3-7-15)21-23-18-8-4-5-9-19(18)24-21/h4-5,8-9,15-17,20,28H,1-3,6-7,10-14H2,(H,23,24)(H,25,29)/t17-,20?/m1/s1. The van der Waals surface area contributed by atoms with Crippen molar-refractivity contribution in [3.63, 3.8) is 0 Å². The molecule has 2 aliphatic heterocycles. The quantitative estimate of drug-likeness (QED) is 0.741. The molecule has 2 amide bonds. The maximum absolute atomic E-state index is 13.0. The van der Waals surface area contributed by atoms with Crippen molar-refractivity contribution >= 4 is 17.1 Å². The maximum atomic E-state index is 13.0. The molecule has 1 aromatic carbocycles. The number of nitrogens with zero attached hydrogens (tertiary/aromatic N) is 3. The van der Waals surface area contributed by atoms with Crippen LogP contribution in [-0.2, 0) is 0 Å². The fourth-order valence-corrected chi connectivity index (χ4v) is 5.17. The van der Waals surface area contributed by atoms with E-state index in [1.807, 2.05) is 29.2 Å². The number of benzene rings is 1. The minimum absolute atomic E-state index is 0.0111. The molecule has 0 spiro atoms. The molecular formula is C22H31N5O2. The molecule has 1 saturated carbocycles. The van der Waals surface area contributed by atoms with Crippen molar-refractivity contribution in [1.29, 1.82) is 0 Å². The summed E-state index contributed by atoms with van der Waals surface area (Å²) in [6, 6.07) is 8.39. The van der Waals surface area contributed by atoms with Gasteiger partial charge in [-0.1, -0.05) is 31.4 Å². The monoisotopic (exact) mass is 397 g/mol. The predicted molar refractivity (Wildman–Crippen MR) is 111 cm³/mol. The number of urea groups is 1. The van der Waals surface area contributed by atoms with Crippen molar-refractivity contribution in [1.82, 2.24) is 25.1 Å². The highest BCUT2D eigenvalue weighted by molar-refractivity contribution is 5.77. The number of rotatable bonds is 4. The molecule has 2 atom stereocenters. The smallest absolute Gasteiger partial charge is 0.318 e. The molecule has 1 unspecified atom stereocenters. The molecule has 5 rings (SSSR count). The summed E-state index contributed by atoms with van der Waals surface area (Å²) in [5, 5.41) is 13.1. The molecule has 3 aliphatic rings. The van der Waals surface area contributed by atoms with Crippen molar-refractivity contribution < 1.29 is 9.90 Å². The Morgan fingerprint density at radius 3 is 2.66 bits per heavy atom. The molecule has 0 radical (unpaired) electrons. The Kier molecular flexibility index (Phi) is 5.18. The highest BCUT2D eigenvalue weighted by Crippen LogP contribution is 2.34. The second kappa shape index (κ2) is 7.95. The van der Waals surface area contributed by atoms with Gasteiger partial charge in [-0.05, 0) is 37.3 Å². The van der Waals surface area contributed by atoms with Crippen LogP contribution in [0.4, 0.5) is 4.79 Å². The lowest BCUT2D eigenvalue weighted by Crippen LogP contribution is -2.63. The summed E-state index contributed by atoms with van der Waals surface area (Å²) in [4.78, 5) is 25.5. The van der Waals surface area contributed by atoms with Crippen LogP contribution in [0.2, 0.25) is 0 Å². The summed E-state index contributed by atoms with van der Waals surface area (Å²) in [6.45, 7) is 3.17. The van der Waals surface area contributed by atoms with E-state index in [1.54, 1.807) is 0 Å². The van der Waals surface area contributed by atoms with Gasteiger partial charge in [-0.2, -0.15) is 0 Å². The predicted octanol–water partition coefficient (Wildman–Crippen LogP) is 2.64. The van der Waals surface area contributed by atoms with E-state index >= 15 is 0 Å². The molecule has 1 aliphatic carbocycles. The third kappa shape index (κ3) is 3.85. The van der Waals surface area contributed by atoms with Crippen molar-refractivity contribution in [3.05, 3.63) is 30.1 Å². The zero-order valence-electron chi connectivity index (χ0n) is 16.9. The van der Waals surface area contributed by atoms with Gasteiger partial charge in [0.1, 0.15) is 5.82 Å². The first kappa shape index (κ1) is 18.9. The number of aliphatic hydroxyl groups is 1. The Labute approximate surface area is 171 Å². The Morgan fingerprint density at radius 1 is 1.14 bits per heavy atom. The lowest BCUT2D eigenvalue weighted by atomic mass is 9.83. The first-order valence-electron chi connectivity index (χ1n) is 11.1. The Morgan fingerprint density at radius 2 is 1.93 bits per heavy atom. The first-order valence-corrected chi connectivity index (χ1v) is 11.1. The fourth-order valence-electron chi connectivity index (χ4n) is 5.17. The Bertz CT molecular complexity index is 823. The number of amides is 2. The summed E-state index contributed by atoms with van der Waals surface area (Å²) < 4.78 is 0. The van der Waals surface area contributed by atoms with Gasteiger partial charge in [0.15, 0.2) is 0 Å². The number of fused-ring (bicyclic) bond motifs is 1. The van der Waals surface area contributed by atoms with Crippen molar-refractivity contribution in [2.45, 2.75) is 56.7 Å². The molecule has 2 saturated heterocycles. The fraction of sp³-hybridized carbons (Fsp3) is 0.636. The number of β-amino-alcohol motifs (C(OH)–C–C–N with tert-alkyl or cyclic N) is 1. The third-order valence-corrected chi connectivity index (χ3v) is 6.96. The van der Waals surface area contributed by atoms with Crippen molar-refractivity contribution in [2.24, 2.45) is 5.92 Å². The lowest BCUT2D eigenvalue weighted by Gasteiger charge is -2.44. The molecule has 3 heterocycles. The Balaban J connectivity index is 1.27. The summed E-state index contributed by atoms with van der Waals surface area (Å²) in [5.41, 5.74) is 1.98. The second-order valence-electron chi connectivity index (χ2n) is 8.96. The maximum Gasteiger partial charge on any atom is 0.318 e. The minimum Gasteiger partial charge on any atom is -0.392 e. The van der Waals surface area contributed by atoms with Crippen LogP contribution in [0.3, 0.4) is 0 Å². The number of para-hydroxylation sites is 2. The number of hydrogen-bond acceptors (Lipinski definition) is 4.